The van der Waals surface area contributed by atoms with E-state index in [2.05, 4.69) is 39.3 Å². The first-order valence-corrected chi connectivity index (χ1v) is 6.87. The van der Waals surface area contributed by atoms with E-state index in [0.717, 1.165) is 28.0 Å². The molecule has 1 aliphatic rings. The Balaban J connectivity index is 2.01. The van der Waals surface area contributed by atoms with E-state index >= 15 is 0 Å². The molecule has 0 aliphatic carbocycles. The van der Waals surface area contributed by atoms with Crippen molar-refractivity contribution in [3.63, 3.8) is 0 Å². The van der Waals surface area contributed by atoms with Gasteiger partial charge in [0.25, 0.3) is 0 Å². The maximum Gasteiger partial charge on any atom is 0.0489 e. The summed E-state index contributed by atoms with van der Waals surface area (Å²) in [5, 5.41) is 3.51. The molecular weight excluding hydrogens is 278 g/mol. The van der Waals surface area contributed by atoms with Gasteiger partial charge in [0.05, 0.1) is 0 Å². The molecule has 2 rings (SSSR count). The summed E-state index contributed by atoms with van der Waals surface area (Å²) in [6, 6.07) is 4.73. The minimum Gasteiger partial charge on any atom is -0.398 e. The van der Waals surface area contributed by atoms with Gasteiger partial charge in [-0.3, -0.25) is 0 Å². The molecule has 1 atom stereocenters. The fourth-order valence-corrected chi connectivity index (χ4v) is 2.80. The van der Waals surface area contributed by atoms with E-state index in [1.165, 1.54) is 19.4 Å². The lowest BCUT2D eigenvalue weighted by molar-refractivity contribution is 0.322. The molecule has 1 aliphatic heterocycles. The molecule has 0 aromatic heterocycles. The van der Waals surface area contributed by atoms with E-state index in [0.29, 0.717) is 6.04 Å². The first kappa shape index (κ1) is 12.7. The van der Waals surface area contributed by atoms with Crippen LogP contribution in [0.1, 0.15) is 18.4 Å². The van der Waals surface area contributed by atoms with Crippen LogP contribution >= 0.6 is 15.9 Å². The predicted octanol–water partition coefficient (Wildman–Crippen LogP) is 2.85. The molecule has 0 bridgehead atoms. The second kappa shape index (κ2) is 5.27. The first-order chi connectivity index (χ1) is 8.08. The van der Waals surface area contributed by atoms with Crippen LogP contribution in [-0.2, 0) is 0 Å². The van der Waals surface area contributed by atoms with E-state index in [1.807, 2.05) is 13.0 Å². The summed E-state index contributed by atoms with van der Waals surface area (Å²) < 4.78 is 1.04. The molecule has 3 N–H and O–H groups in total. The fourth-order valence-electron chi connectivity index (χ4n) is 2.30. The summed E-state index contributed by atoms with van der Waals surface area (Å²) >= 11 is 3.55. The second-order valence-electron chi connectivity index (χ2n) is 4.85. The number of benzene rings is 1. The molecule has 1 heterocycles. The van der Waals surface area contributed by atoms with Crippen molar-refractivity contribution in [2.45, 2.75) is 25.8 Å². The Morgan fingerprint density at radius 2 is 2.29 bits per heavy atom. The molecule has 1 aromatic carbocycles. The molecular formula is C13H20BrN3. The number of anilines is 2. The van der Waals surface area contributed by atoms with Gasteiger partial charge in [-0.05, 0) is 67.0 Å². The smallest absolute Gasteiger partial charge is 0.0489 e. The monoisotopic (exact) mass is 297 g/mol. The zero-order valence-electron chi connectivity index (χ0n) is 10.5. The zero-order chi connectivity index (χ0) is 12.4. The maximum absolute atomic E-state index is 5.86. The van der Waals surface area contributed by atoms with Crippen LogP contribution in [-0.4, -0.2) is 31.1 Å². The van der Waals surface area contributed by atoms with Crippen molar-refractivity contribution < 1.29 is 0 Å². The molecule has 1 unspecified atom stereocenters. The normalized spacial score (nSPS) is 20.8. The molecule has 0 spiro atoms. The average Bonchev–Trinajstić information content (AvgIpc) is 2.68. The Hall–Kier alpha value is -0.740. The van der Waals surface area contributed by atoms with Gasteiger partial charge in [-0.25, -0.2) is 0 Å². The van der Waals surface area contributed by atoms with E-state index in [4.69, 9.17) is 5.73 Å². The average molecular weight is 298 g/mol. The highest BCUT2D eigenvalue weighted by Crippen LogP contribution is 2.28. The molecule has 1 aromatic rings. The first-order valence-electron chi connectivity index (χ1n) is 6.07. The minimum absolute atomic E-state index is 0.653. The van der Waals surface area contributed by atoms with Crippen LogP contribution in [0.3, 0.4) is 0 Å². The number of likely N-dealkylation sites (N-methyl/N-ethyl adjacent to an activating group) is 1. The highest BCUT2D eigenvalue weighted by Gasteiger charge is 2.20. The number of nitrogens with one attached hydrogen (secondary N) is 1. The number of halogens is 1. The lowest BCUT2D eigenvalue weighted by atomic mass is 10.1. The van der Waals surface area contributed by atoms with Crippen LogP contribution in [0.15, 0.2) is 16.6 Å². The van der Waals surface area contributed by atoms with E-state index < -0.39 is 0 Å². The minimum atomic E-state index is 0.653. The van der Waals surface area contributed by atoms with E-state index in [9.17, 15) is 0 Å². The Kier molecular flexibility index (Phi) is 3.94. The third-order valence-corrected chi connectivity index (χ3v) is 4.21. The molecule has 94 valence electrons. The van der Waals surface area contributed by atoms with E-state index in [-0.39, 0.29) is 0 Å². The fraction of sp³-hybridized carbons (Fsp3) is 0.538. The van der Waals surface area contributed by atoms with Crippen LogP contribution in [0.25, 0.3) is 0 Å². The van der Waals surface area contributed by atoms with Gasteiger partial charge in [-0.15, -0.1) is 0 Å². The Morgan fingerprint density at radius 3 is 2.94 bits per heavy atom. The zero-order valence-corrected chi connectivity index (χ0v) is 12.0. The number of nitrogens with zero attached hydrogens (tertiary/aromatic N) is 1. The maximum atomic E-state index is 5.86. The standard InChI is InChI=1S/C13H20BrN3/c1-9-6-13(11(14)7-12(9)15)16-8-10-4-3-5-17(10)2/h6-7,10,16H,3-5,8,15H2,1-2H3. The van der Waals surface area contributed by atoms with Crippen molar-refractivity contribution >= 4 is 27.3 Å². The molecule has 17 heavy (non-hydrogen) atoms. The van der Waals surface area contributed by atoms with Crippen molar-refractivity contribution in [2.75, 3.05) is 31.2 Å². The van der Waals surface area contributed by atoms with Gasteiger partial charge in [0.1, 0.15) is 0 Å². The van der Waals surface area contributed by atoms with Gasteiger partial charge in [-0.2, -0.15) is 0 Å². The third-order valence-electron chi connectivity index (χ3n) is 3.56. The molecule has 3 nitrogen and oxygen atoms in total. The van der Waals surface area contributed by atoms with Crippen LogP contribution < -0.4 is 11.1 Å². The van der Waals surface area contributed by atoms with Gasteiger partial charge in [0, 0.05) is 28.4 Å². The SMILES string of the molecule is Cc1cc(NCC2CCCN2C)c(Br)cc1N. The van der Waals surface area contributed by atoms with Gasteiger partial charge in [-0.1, -0.05) is 0 Å². The predicted molar refractivity (Wildman–Crippen MR) is 77.4 cm³/mol. The van der Waals surface area contributed by atoms with Crippen LogP contribution in [0.4, 0.5) is 11.4 Å². The molecule has 1 fully saturated rings. The molecule has 4 heteroatoms. The Labute approximate surface area is 111 Å². The quantitative estimate of drug-likeness (QED) is 0.843. The van der Waals surface area contributed by atoms with Crippen molar-refractivity contribution in [2.24, 2.45) is 0 Å². The summed E-state index contributed by atoms with van der Waals surface area (Å²) in [4.78, 5) is 2.42. The van der Waals surface area contributed by atoms with Crippen molar-refractivity contribution in [3.8, 4) is 0 Å². The highest BCUT2D eigenvalue weighted by atomic mass is 79.9. The van der Waals surface area contributed by atoms with Crippen molar-refractivity contribution in [3.05, 3.63) is 22.2 Å². The lowest BCUT2D eigenvalue weighted by Gasteiger charge is -2.21. The van der Waals surface area contributed by atoms with Gasteiger partial charge >= 0.3 is 0 Å². The second-order valence-corrected chi connectivity index (χ2v) is 5.70. The van der Waals surface area contributed by atoms with Crippen LogP contribution in [0, 0.1) is 6.92 Å². The van der Waals surface area contributed by atoms with Gasteiger partial charge < -0.3 is 16.0 Å². The van der Waals surface area contributed by atoms with Gasteiger partial charge in [0.2, 0.25) is 0 Å². The van der Waals surface area contributed by atoms with Crippen molar-refractivity contribution in [1.29, 1.82) is 0 Å². The number of aryl methyl sites for hydroxylation is 1. The summed E-state index contributed by atoms with van der Waals surface area (Å²) in [6.07, 6.45) is 2.60. The third kappa shape index (κ3) is 2.93. The van der Waals surface area contributed by atoms with Crippen LogP contribution in [0.2, 0.25) is 0 Å². The molecule has 0 saturated carbocycles. The highest BCUT2D eigenvalue weighted by molar-refractivity contribution is 9.10. The van der Waals surface area contributed by atoms with Gasteiger partial charge in [0.15, 0.2) is 0 Å². The Morgan fingerprint density at radius 1 is 1.53 bits per heavy atom. The lowest BCUT2D eigenvalue weighted by Crippen LogP contribution is -2.31. The number of nitrogens with two attached hydrogens (primary N) is 1. The molecule has 1 saturated heterocycles. The summed E-state index contributed by atoms with van der Waals surface area (Å²) in [7, 11) is 2.20. The Bertz CT molecular complexity index is 406. The van der Waals surface area contributed by atoms with Crippen LogP contribution in [0.5, 0.6) is 0 Å². The number of rotatable bonds is 3. The number of likely N-dealkylation sites (tertiary alicyclic amines) is 1. The largest absolute Gasteiger partial charge is 0.398 e. The summed E-state index contributed by atoms with van der Waals surface area (Å²) in [5.74, 6) is 0. The van der Waals surface area contributed by atoms with Crippen molar-refractivity contribution in [1.82, 2.24) is 4.90 Å². The molecule has 0 amide bonds. The number of hydrogen-bond donors (Lipinski definition) is 2. The summed E-state index contributed by atoms with van der Waals surface area (Å²) in [5.41, 5.74) is 8.95. The number of hydrogen-bond acceptors (Lipinski definition) is 3. The summed E-state index contributed by atoms with van der Waals surface area (Å²) in [6.45, 7) is 4.25. The van der Waals surface area contributed by atoms with E-state index in [1.54, 1.807) is 0 Å². The number of nitrogen functional groups attached to an aromatic ring is 1. The topological polar surface area (TPSA) is 41.3 Å². The molecule has 0 radical (unpaired) electrons.